The number of rotatable bonds is 5. The molecule has 0 radical (unpaired) electrons. The van der Waals surface area contributed by atoms with Crippen molar-refractivity contribution in [3.05, 3.63) is 48.0 Å². The molecule has 0 fully saturated rings. The molecule has 3 rings (SSSR count). The fourth-order valence-electron chi connectivity index (χ4n) is 2.31. The zero-order valence-corrected chi connectivity index (χ0v) is 12.2. The van der Waals surface area contributed by atoms with E-state index in [-0.39, 0.29) is 12.6 Å². The standard InChI is InChI=1S/C17H17NO4/c1-2-14(22-13-5-3-4-12(18)9-13)17(19)11-6-7-15-16(8-11)21-10-20-15/h3-9,14H,2,10,18H2,1H3. The molecule has 1 aliphatic rings. The van der Waals surface area contributed by atoms with E-state index in [2.05, 4.69) is 0 Å². The van der Waals surface area contributed by atoms with Crippen molar-refractivity contribution in [3.8, 4) is 17.2 Å². The van der Waals surface area contributed by atoms with Crippen LogP contribution in [0.5, 0.6) is 17.2 Å². The minimum Gasteiger partial charge on any atom is -0.482 e. The van der Waals surface area contributed by atoms with E-state index in [1.807, 2.05) is 6.92 Å². The van der Waals surface area contributed by atoms with Crippen LogP contribution in [0.3, 0.4) is 0 Å². The molecule has 2 N–H and O–H groups in total. The Morgan fingerprint density at radius 2 is 2.05 bits per heavy atom. The minimum atomic E-state index is -0.567. The molecule has 0 saturated carbocycles. The van der Waals surface area contributed by atoms with Gasteiger partial charge in [0.15, 0.2) is 17.6 Å². The number of Topliss-reactive ketones (excluding diaryl/α,β-unsaturated/α-hetero) is 1. The maximum Gasteiger partial charge on any atom is 0.231 e. The molecular formula is C17H17NO4. The van der Waals surface area contributed by atoms with Gasteiger partial charge < -0.3 is 19.9 Å². The lowest BCUT2D eigenvalue weighted by Crippen LogP contribution is -2.26. The van der Waals surface area contributed by atoms with Gasteiger partial charge in [-0.05, 0) is 36.8 Å². The summed E-state index contributed by atoms with van der Waals surface area (Å²) in [5, 5.41) is 0. The van der Waals surface area contributed by atoms with Gasteiger partial charge in [-0.25, -0.2) is 0 Å². The lowest BCUT2D eigenvalue weighted by Gasteiger charge is -2.17. The van der Waals surface area contributed by atoms with E-state index in [1.165, 1.54) is 0 Å². The number of benzene rings is 2. The second-order valence-corrected chi connectivity index (χ2v) is 5.02. The third-order valence-electron chi connectivity index (χ3n) is 3.46. The normalized spacial score (nSPS) is 13.7. The fraction of sp³-hybridized carbons (Fsp3) is 0.235. The van der Waals surface area contributed by atoms with Crippen molar-refractivity contribution in [1.82, 2.24) is 0 Å². The van der Waals surface area contributed by atoms with Gasteiger partial charge in [-0.15, -0.1) is 0 Å². The Hall–Kier alpha value is -2.69. The lowest BCUT2D eigenvalue weighted by atomic mass is 10.0. The first kappa shape index (κ1) is 14.3. The number of anilines is 1. The first-order chi connectivity index (χ1) is 10.7. The van der Waals surface area contributed by atoms with Crippen LogP contribution in [0.25, 0.3) is 0 Å². The Labute approximate surface area is 128 Å². The number of fused-ring (bicyclic) bond motifs is 1. The molecular weight excluding hydrogens is 282 g/mol. The van der Waals surface area contributed by atoms with Crippen LogP contribution in [-0.2, 0) is 0 Å². The maximum absolute atomic E-state index is 12.6. The zero-order chi connectivity index (χ0) is 15.5. The molecule has 22 heavy (non-hydrogen) atoms. The van der Waals surface area contributed by atoms with Crippen molar-refractivity contribution in [2.75, 3.05) is 12.5 Å². The number of nitrogen functional groups attached to an aromatic ring is 1. The minimum absolute atomic E-state index is 0.0942. The summed E-state index contributed by atoms with van der Waals surface area (Å²) in [6.07, 6.45) is -0.00982. The number of carbonyl (C=O) groups is 1. The third-order valence-corrected chi connectivity index (χ3v) is 3.46. The van der Waals surface area contributed by atoms with Crippen LogP contribution in [0, 0.1) is 0 Å². The molecule has 1 aliphatic heterocycles. The molecule has 2 aromatic rings. The van der Waals surface area contributed by atoms with Crippen LogP contribution in [0.1, 0.15) is 23.7 Å². The van der Waals surface area contributed by atoms with E-state index in [0.29, 0.717) is 34.9 Å². The van der Waals surface area contributed by atoms with Crippen molar-refractivity contribution in [2.45, 2.75) is 19.4 Å². The fourth-order valence-corrected chi connectivity index (χ4v) is 2.31. The topological polar surface area (TPSA) is 70.8 Å². The van der Waals surface area contributed by atoms with Crippen LogP contribution in [0.2, 0.25) is 0 Å². The molecule has 0 spiro atoms. The van der Waals surface area contributed by atoms with Gasteiger partial charge in [-0.1, -0.05) is 13.0 Å². The number of carbonyl (C=O) groups excluding carboxylic acids is 1. The predicted molar refractivity (Wildman–Crippen MR) is 82.5 cm³/mol. The van der Waals surface area contributed by atoms with Gasteiger partial charge in [0.05, 0.1) is 0 Å². The second-order valence-electron chi connectivity index (χ2n) is 5.02. The smallest absolute Gasteiger partial charge is 0.231 e. The summed E-state index contributed by atoms with van der Waals surface area (Å²) in [6.45, 7) is 2.09. The van der Waals surface area contributed by atoms with E-state index in [1.54, 1.807) is 42.5 Å². The zero-order valence-electron chi connectivity index (χ0n) is 12.2. The van der Waals surface area contributed by atoms with Crippen molar-refractivity contribution < 1.29 is 19.0 Å². The summed E-state index contributed by atoms with van der Waals surface area (Å²) in [6, 6.07) is 12.2. The van der Waals surface area contributed by atoms with E-state index in [9.17, 15) is 4.79 Å². The van der Waals surface area contributed by atoms with E-state index in [0.717, 1.165) is 0 Å². The summed E-state index contributed by atoms with van der Waals surface area (Å²) < 4.78 is 16.3. The summed E-state index contributed by atoms with van der Waals surface area (Å²) in [7, 11) is 0. The molecule has 5 heteroatoms. The average molecular weight is 299 g/mol. The Morgan fingerprint density at radius 1 is 1.23 bits per heavy atom. The van der Waals surface area contributed by atoms with Gasteiger partial charge >= 0.3 is 0 Å². The lowest BCUT2D eigenvalue weighted by molar-refractivity contribution is 0.0786. The predicted octanol–water partition coefficient (Wildman–Crippen LogP) is 3.04. The number of ether oxygens (including phenoxy) is 3. The number of hydrogen-bond donors (Lipinski definition) is 1. The van der Waals surface area contributed by atoms with E-state index >= 15 is 0 Å². The average Bonchev–Trinajstić information content (AvgIpc) is 2.99. The highest BCUT2D eigenvalue weighted by atomic mass is 16.7. The van der Waals surface area contributed by atoms with Crippen LogP contribution in [0.15, 0.2) is 42.5 Å². The van der Waals surface area contributed by atoms with Crippen molar-refractivity contribution >= 4 is 11.5 Å². The molecule has 0 aliphatic carbocycles. The Bertz CT molecular complexity index is 699. The highest BCUT2D eigenvalue weighted by Gasteiger charge is 2.23. The molecule has 2 aromatic carbocycles. The molecule has 1 unspecified atom stereocenters. The maximum atomic E-state index is 12.6. The van der Waals surface area contributed by atoms with Crippen molar-refractivity contribution in [3.63, 3.8) is 0 Å². The molecule has 0 bridgehead atoms. The molecule has 5 nitrogen and oxygen atoms in total. The van der Waals surface area contributed by atoms with Gasteiger partial charge in [0.25, 0.3) is 0 Å². The SMILES string of the molecule is CCC(Oc1cccc(N)c1)C(=O)c1ccc2c(c1)OCO2. The van der Waals surface area contributed by atoms with Crippen LogP contribution in [-0.4, -0.2) is 18.7 Å². The van der Waals surface area contributed by atoms with Gasteiger partial charge in [-0.3, -0.25) is 4.79 Å². The van der Waals surface area contributed by atoms with Gasteiger partial charge in [0.2, 0.25) is 12.6 Å². The van der Waals surface area contributed by atoms with Crippen LogP contribution in [0.4, 0.5) is 5.69 Å². The molecule has 1 heterocycles. The highest BCUT2D eigenvalue weighted by molar-refractivity contribution is 6.00. The Kier molecular flexibility index (Phi) is 3.87. The monoisotopic (exact) mass is 299 g/mol. The van der Waals surface area contributed by atoms with Crippen LogP contribution < -0.4 is 19.9 Å². The molecule has 0 aromatic heterocycles. The molecule has 0 amide bonds. The molecule has 0 saturated heterocycles. The summed E-state index contributed by atoms with van der Waals surface area (Å²) in [4.78, 5) is 12.6. The largest absolute Gasteiger partial charge is 0.482 e. The molecule has 114 valence electrons. The summed E-state index contributed by atoms with van der Waals surface area (Å²) in [5.41, 5.74) is 6.87. The number of ketones is 1. The van der Waals surface area contributed by atoms with Gasteiger partial charge in [0, 0.05) is 17.3 Å². The van der Waals surface area contributed by atoms with Crippen LogP contribution >= 0.6 is 0 Å². The van der Waals surface area contributed by atoms with Crippen molar-refractivity contribution in [2.24, 2.45) is 0 Å². The van der Waals surface area contributed by atoms with Gasteiger partial charge in [0.1, 0.15) is 5.75 Å². The first-order valence-corrected chi connectivity index (χ1v) is 7.13. The first-order valence-electron chi connectivity index (χ1n) is 7.13. The second kappa shape index (κ2) is 5.97. The Balaban J connectivity index is 1.79. The van der Waals surface area contributed by atoms with Gasteiger partial charge in [-0.2, -0.15) is 0 Å². The Morgan fingerprint density at radius 3 is 2.82 bits per heavy atom. The number of hydrogen-bond acceptors (Lipinski definition) is 5. The van der Waals surface area contributed by atoms with Crippen molar-refractivity contribution in [1.29, 1.82) is 0 Å². The summed E-state index contributed by atoms with van der Waals surface area (Å²) in [5.74, 6) is 1.73. The van der Waals surface area contributed by atoms with E-state index in [4.69, 9.17) is 19.9 Å². The third kappa shape index (κ3) is 2.83. The molecule has 1 atom stereocenters. The summed E-state index contributed by atoms with van der Waals surface area (Å²) >= 11 is 0. The quantitative estimate of drug-likeness (QED) is 0.678. The van der Waals surface area contributed by atoms with E-state index < -0.39 is 6.10 Å². The highest BCUT2D eigenvalue weighted by Crippen LogP contribution is 2.33. The number of nitrogens with two attached hydrogens (primary N) is 1.